The summed E-state index contributed by atoms with van der Waals surface area (Å²) in [6.45, 7) is 1.75. The summed E-state index contributed by atoms with van der Waals surface area (Å²) in [5.41, 5.74) is 6.63. The predicted octanol–water partition coefficient (Wildman–Crippen LogP) is 2.54. The van der Waals surface area contributed by atoms with Gasteiger partial charge in [0.05, 0.1) is 23.2 Å². The number of nitrogens with two attached hydrogens (primary N) is 1. The topological polar surface area (TPSA) is 180 Å². The van der Waals surface area contributed by atoms with Crippen LogP contribution >= 0.6 is 0 Å². The largest absolute Gasteiger partial charge is 0.487 e. The average molecular weight is 682 g/mol. The minimum atomic E-state index is -3.78. The van der Waals surface area contributed by atoms with Gasteiger partial charge in [-0.3, -0.25) is 24.0 Å². The molecule has 0 aromatic heterocycles. The summed E-state index contributed by atoms with van der Waals surface area (Å²) in [5.74, 6) is -3.17. The Morgan fingerprint density at radius 1 is 1.04 bits per heavy atom. The van der Waals surface area contributed by atoms with Crippen LogP contribution in [0.1, 0.15) is 28.4 Å². The lowest BCUT2D eigenvalue weighted by Gasteiger charge is -2.28. The quantitative estimate of drug-likeness (QED) is 0.257. The third-order valence-corrected chi connectivity index (χ3v) is 7.95. The van der Waals surface area contributed by atoms with Crippen molar-refractivity contribution in [1.82, 2.24) is 9.80 Å². The maximum absolute atomic E-state index is 15.1. The van der Waals surface area contributed by atoms with Crippen molar-refractivity contribution in [2.75, 3.05) is 48.6 Å². The molecule has 1 aliphatic heterocycles. The molecule has 3 amide bonds. The molecule has 3 aromatic rings. The standard InChI is InChI=1S/C33H36FN5O8S/c1-22(40)37-15-16-38(19-26(35)18-37)31(42)20-39(30(41)14-13-24-8-6-10-27(32(24)34)36-48(2,45)46)28-11-3-4-12-29(28)47-21-23-7-5-9-25(17-23)33(43)44/h3-14,17,26,36H,15-16,18-21,35H2,1-2H3,(H,43,44). The molecule has 13 nitrogen and oxygen atoms in total. The lowest BCUT2D eigenvalue weighted by atomic mass is 10.1. The number of rotatable bonds is 11. The molecular formula is C33H36FN5O8S. The number of para-hydroxylation sites is 2. The van der Waals surface area contributed by atoms with Crippen molar-refractivity contribution in [3.05, 3.63) is 95.3 Å². The summed E-state index contributed by atoms with van der Waals surface area (Å²) in [4.78, 5) is 55.1. The number of nitrogens with one attached hydrogen (secondary N) is 1. The summed E-state index contributed by atoms with van der Waals surface area (Å²) < 4.78 is 46.6. The van der Waals surface area contributed by atoms with E-state index in [1.54, 1.807) is 41.3 Å². The Hall–Kier alpha value is -5.28. The summed E-state index contributed by atoms with van der Waals surface area (Å²) in [6.07, 6.45) is 3.09. The number of hydrogen-bond donors (Lipinski definition) is 3. The molecule has 0 bridgehead atoms. The molecule has 1 fully saturated rings. The maximum atomic E-state index is 15.1. The number of carboxylic acids is 1. The first-order valence-corrected chi connectivity index (χ1v) is 16.7. The van der Waals surface area contributed by atoms with Crippen LogP contribution in [0.2, 0.25) is 0 Å². The molecule has 0 saturated carbocycles. The summed E-state index contributed by atoms with van der Waals surface area (Å²) in [5, 5.41) is 9.35. The molecule has 1 unspecified atom stereocenters. The Labute approximate surface area is 277 Å². The van der Waals surface area contributed by atoms with Crippen LogP contribution in [0.15, 0.2) is 72.8 Å². The Bertz CT molecular complexity index is 1830. The number of ether oxygens (including phenoxy) is 1. The van der Waals surface area contributed by atoms with Crippen molar-refractivity contribution in [2.45, 2.75) is 19.6 Å². The summed E-state index contributed by atoms with van der Waals surface area (Å²) in [7, 11) is -3.78. The minimum Gasteiger partial charge on any atom is -0.487 e. The van der Waals surface area contributed by atoms with Gasteiger partial charge in [0.15, 0.2) is 5.82 Å². The fourth-order valence-corrected chi connectivity index (χ4v) is 5.60. The van der Waals surface area contributed by atoms with Crippen molar-refractivity contribution in [1.29, 1.82) is 0 Å². The average Bonchev–Trinajstić information content (AvgIpc) is 3.24. The van der Waals surface area contributed by atoms with Crippen molar-refractivity contribution in [2.24, 2.45) is 5.73 Å². The number of anilines is 2. The molecule has 3 aromatic carbocycles. The molecule has 4 N–H and O–H groups in total. The van der Waals surface area contributed by atoms with Crippen molar-refractivity contribution < 1.29 is 41.8 Å². The van der Waals surface area contributed by atoms with Gasteiger partial charge in [0.2, 0.25) is 21.8 Å². The second-order valence-electron chi connectivity index (χ2n) is 11.2. The fraction of sp³-hybridized carbons (Fsp3) is 0.273. The van der Waals surface area contributed by atoms with Gasteiger partial charge in [-0.25, -0.2) is 17.6 Å². The van der Waals surface area contributed by atoms with E-state index in [0.717, 1.165) is 23.3 Å². The van der Waals surface area contributed by atoms with E-state index in [-0.39, 0.29) is 66.9 Å². The molecule has 4 rings (SSSR count). The third-order valence-electron chi connectivity index (χ3n) is 7.36. The first kappa shape index (κ1) is 35.6. The molecule has 15 heteroatoms. The maximum Gasteiger partial charge on any atom is 0.335 e. The number of carbonyl (C=O) groups excluding carboxylic acids is 3. The zero-order chi connectivity index (χ0) is 35.0. The van der Waals surface area contributed by atoms with Gasteiger partial charge in [-0.05, 0) is 42.0 Å². The Morgan fingerprint density at radius 2 is 1.73 bits per heavy atom. The van der Waals surface area contributed by atoms with Crippen LogP contribution in [-0.2, 0) is 31.0 Å². The summed E-state index contributed by atoms with van der Waals surface area (Å²) >= 11 is 0. The van der Waals surface area contributed by atoms with Crippen LogP contribution < -0.4 is 20.1 Å². The van der Waals surface area contributed by atoms with Crippen LogP contribution in [0.4, 0.5) is 15.8 Å². The number of nitrogens with zero attached hydrogens (tertiary/aromatic N) is 3. The van der Waals surface area contributed by atoms with Gasteiger partial charge in [-0.15, -0.1) is 0 Å². The first-order valence-electron chi connectivity index (χ1n) is 14.8. The highest BCUT2D eigenvalue weighted by Gasteiger charge is 2.28. The Balaban J connectivity index is 1.65. The van der Waals surface area contributed by atoms with Crippen LogP contribution in [0.5, 0.6) is 5.75 Å². The molecule has 1 heterocycles. The lowest BCUT2D eigenvalue weighted by molar-refractivity contribution is -0.132. The van der Waals surface area contributed by atoms with E-state index in [1.807, 2.05) is 0 Å². The number of carbonyl (C=O) groups is 4. The summed E-state index contributed by atoms with van der Waals surface area (Å²) in [6, 6.07) is 16.1. The Kier molecular flexibility index (Phi) is 11.5. The van der Waals surface area contributed by atoms with Gasteiger partial charge < -0.3 is 25.4 Å². The molecule has 0 spiro atoms. The highest BCUT2D eigenvalue weighted by molar-refractivity contribution is 7.92. The number of benzene rings is 3. The molecule has 254 valence electrons. The van der Waals surface area contributed by atoms with Crippen molar-refractivity contribution in [3.8, 4) is 5.75 Å². The number of halogens is 1. The van der Waals surface area contributed by atoms with E-state index >= 15 is 4.39 Å². The second-order valence-corrected chi connectivity index (χ2v) is 12.9. The first-order chi connectivity index (χ1) is 22.7. The predicted molar refractivity (Wildman–Crippen MR) is 177 cm³/mol. The van der Waals surface area contributed by atoms with Gasteiger partial charge in [-0.1, -0.05) is 36.4 Å². The highest BCUT2D eigenvalue weighted by atomic mass is 32.2. The molecule has 0 aliphatic carbocycles. The SMILES string of the molecule is CC(=O)N1CCN(C(=O)CN(C(=O)C=Cc2cccc(NS(C)(=O)=O)c2F)c2ccccc2OCc2cccc(C(=O)O)c2)CC(N)C1. The molecule has 48 heavy (non-hydrogen) atoms. The van der Waals surface area contributed by atoms with E-state index in [0.29, 0.717) is 5.56 Å². The smallest absolute Gasteiger partial charge is 0.335 e. The zero-order valence-electron chi connectivity index (χ0n) is 26.3. The third kappa shape index (κ3) is 9.62. The van der Waals surface area contributed by atoms with Crippen LogP contribution in [0, 0.1) is 5.82 Å². The van der Waals surface area contributed by atoms with E-state index < -0.39 is 46.2 Å². The number of carboxylic acid groups (broad SMARTS) is 1. The fourth-order valence-electron chi connectivity index (χ4n) is 5.04. The monoisotopic (exact) mass is 681 g/mol. The second kappa shape index (κ2) is 15.5. The lowest BCUT2D eigenvalue weighted by Crippen LogP contribution is -2.47. The zero-order valence-corrected chi connectivity index (χ0v) is 27.2. The van der Waals surface area contributed by atoms with Crippen molar-refractivity contribution in [3.63, 3.8) is 0 Å². The van der Waals surface area contributed by atoms with Crippen molar-refractivity contribution >= 4 is 51.2 Å². The van der Waals surface area contributed by atoms with Gasteiger partial charge in [0, 0.05) is 50.8 Å². The number of aromatic carboxylic acids is 1. The van der Waals surface area contributed by atoms with E-state index in [2.05, 4.69) is 4.72 Å². The molecule has 1 atom stereocenters. The van der Waals surface area contributed by atoms with Crippen LogP contribution in [0.25, 0.3) is 6.08 Å². The van der Waals surface area contributed by atoms with Gasteiger partial charge in [0.25, 0.3) is 5.91 Å². The minimum absolute atomic E-state index is 0.0584. The van der Waals surface area contributed by atoms with Crippen LogP contribution in [0.3, 0.4) is 0 Å². The van der Waals surface area contributed by atoms with E-state index in [1.165, 1.54) is 42.2 Å². The Morgan fingerprint density at radius 3 is 2.44 bits per heavy atom. The molecular weight excluding hydrogens is 645 g/mol. The van der Waals surface area contributed by atoms with E-state index in [4.69, 9.17) is 10.5 Å². The molecule has 0 radical (unpaired) electrons. The van der Waals surface area contributed by atoms with E-state index in [9.17, 15) is 32.7 Å². The molecule has 1 aliphatic rings. The highest BCUT2D eigenvalue weighted by Crippen LogP contribution is 2.30. The van der Waals surface area contributed by atoms with Crippen LogP contribution in [-0.4, -0.2) is 92.0 Å². The number of sulfonamides is 1. The number of amides is 3. The van der Waals surface area contributed by atoms with Gasteiger partial charge in [0.1, 0.15) is 18.9 Å². The number of hydrogen-bond acceptors (Lipinski definition) is 8. The normalized spacial score (nSPS) is 15.1. The van der Waals surface area contributed by atoms with Gasteiger partial charge >= 0.3 is 5.97 Å². The van der Waals surface area contributed by atoms with Gasteiger partial charge in [-0.2, -0.15) is 0 Å². The molecule has 1 saturated heterocycles.